The van der Waals surface area contributed by atoms with Crippen LogP contribution in [0.4, 0.5) is 30.6 Å². The van der Waals surface area contributed by atoms with E-state index in [1.165, 1.54) is 7.05 Å². The Kier molecular flexibility index (Phi) is 6.04. The second-order valence-electron chi connectivity index (χ2n) is 10.8. The van der Waals surface area contributed by atoms with Crippen molar-refractivity contribution >= 4 is 34.4 Å². The molecule has 212 valence electrons. The molecular formula is C27H30F3N7O3. The normalized spacial score (nSPS) is 23.1. The largest absolute Gasteiger partial charge is 0.491 e. The predicted molar refractivity (Wildman–Crippen MR) is 141 cm³/mol. The maximum absolute atomic E-state index is 13.6. The average Bonchev–Trinajstić information content (AvgIpc) is 3.76. The van der Waals surface area contributed by atoms with E-state index in [9.17, 15) is 18.0 Å². The van der Waals surface area contributed by atoms with Gasteiger partial charge in [-0.05, 0) is 31.4 Å². The van der Waals surface area contributed by atoms with E-state index in [0.717, 1.165) is 44.2 Å². The molecule has 10 nitrogen and oxygen atoms in total. The lowest BCUT2D eigenvalue weighted by molar-refractivity contribution is -0.136. The number of hydrogen-bond donors (Lipinski definition) is 3. The van der Waals surface area contributed by atoms with Gasteiger partial charge in [0.05, 0.1) is 36.0 Å². The highest BCUT2D eigenvalue weighted by Crippen LogP contribution is 2.41. The highest BCUT2D eigenvalue weighted by atomic mass is 19.4. The van der Waals surface area contributed by atoms with E-state index < -0.39 is 11.7 Å². The first-order chi connectivity index (χ1) is 19.3. The van der Waals surface area contributed by atoms with Gasteiger partial charge in [-0.2, -0.15) is 23.1 Å². The smallest absolute Gasteiger partial charge is 0.418 e. The Bertz CT molecular complexity index is 1470. The fourth-order valence-electron chi connectivity index (χ4n) is 6.66. The van der Waals surface area contributed by atoms with Crippen molar-refractivity contribution in [1.29, 1.82) is 0 Å². The highest BCUT2D eigenvalue weighted by Gasteiger charge is 2.43. The van der Waals surface area contributed by atoms with Gasteiger partial charge >= 0.3 is 6.18 Å². The van der Waals surface area contributed by atoms with Crippen LogP contribution in [0.1, 0.15) is 40.7 Å². The third-order valence-corrected chi connectivity index (χ3v) is 8.57. The van der Waals surface area contributed by atoms with E-state index in [1.54, 1.807) is 12.1 Å². The number of anilines is 3. The summed E-state index contributed by atoms with van der Waals surface area (Å²) >= 11 is 0. The standard InChI is InChI=1S/C27H30F3N7O3/c1-31-23-21-19(27(28,29)30)11-32-24(21)35-26(34-23)33-20-3-2-18(17-6-9-39-22(17)20)25(38)36-7-4-14(5-8-36)37-12-16-10-15(37)13-40-16/h2-3,11,14-16H,4-10,12-13H2,1H3,(H3,31,32,33,34,35)/t15-,16-/m0/s1. The summed E-state index contributed by atoms with van der Waals surface area (Å²) in [5, 5.41) is 5.69. The van der Waals surface area contributed by atoms with Crippen molar-refractivity contribution in [3.05, 3.63) is 35.0 Å². The number of aromatic amines is 1. The molecule has 3 fully saturated rings. The monoisotopic (exact) mass is 557 g/mol. The summed E-state index contributed by atoms with van der Waals surface area (Å²) in [6, 6.07) is 4.55. The summed E-state index contributed by atoms with van der Waals surface area (Å²) in [4.78, 5) is 29.2. The number of amides is 1. The number of ether oxygens (including phenoxy) is 2. The molecule has 0 spiro atoms. The van der Waals surface area contributed by atoms with Gasteiger partial charge in [0.2, 0.25) is 5.95 Å². The number of likely N-dealkylation sites (tertiary alicyclic amines) is 2. The number of hydrogen-bond acceptors (Lipinski definition) is 8. The summed E-state index contributed by atoms with van der Waals surface area (Å²) < 4.78 is 52.0. The quantitative estimate of drug-likeness (QED) is 0.435. The van der Waals surface area contributed by atoms with Crippen LogP contribution in [0.15, 0.2) is 18.3 Å². The van der Waals surface area contributed by atoms with E-state index in [0.29, 0.717) is 61.3 Å². The number of benzene rings is 1. The number of rotatable bonds is 5. The van der Waals surface area contributed by atoms with Gasteiger partial charge < -0.3 is 30.0 Å². The molecule has 1 aromatic carbocycles. The second kappa shape index (κ2) is 9.51. The molecule has 0 aliphatic carbocycles. The number of alkyl halides is 3. The zero-order valence-electron chi connectivity index (χ0n) is 22.0. The van der Waals surface area contributed by atoms with Crippen LogP contribution in [0.5, 0.6) is 5.75 Å². The van der Waals surface area contributed by atoms with Crippen molar-refractivity contribution in [3.8, 4) is 5.75 Å². The molecule has 2 bridgehead atoms. The number of piperidine rings is 1. The molecule has 2 aromatic heterocycles. The molecule has 0 radical (unpaired) electrons. The number of H-pyrrole nitrogens is 1. The van der Waals surface area contributed by atoms with E-state index in [4.69, 9.17) is 9.47 Å². The van der Waals surface area contributed by atoms with Gasteiger partial charge in [0, 0.05) is 62.5 Å². The minimum atomic E-state index is -4.54. The first-order valence-corrected chi connectivity index (χ1v) is 13.7. The molecular weight excluding hydrogens is 527 g/mol. The Morgan fingerprint density at radius 2 is 2.00 bits per heavy atom. The number of halogens is 3. The van der Waals surface area contributed by atoms with Crippen molar-refractivity contribution < 1.29 is 27.4 Å². The van der Waals surface area contributed by atoms with Gasteiger partial charge in [-0.25, -0.2) is 0 Å². The van der Waals surface area contributed by atoms with Crippen LogP contribution in [0, 0.1) is 0 Å². The summed E-state index contributed by atoms with van der Waals surface area (Å²) in [6.07, 6.45) is 0.337. The molecule has 1 amide bonds. The third-order valence-electron chi connectivity index (χ3n) is 8.57. The molecule has 3 N–H and O–H groups in total. The first-order valence-electron chi connectivity index (χ1n) is 13.7. The van der Waals surface area contributed by atoms with Gasteiger partial charge in [0.1, 0.15) is 17.2 Å². The van der Waals surface area contributed by atoms with Crippen LogP contribution in [-0.4, -0.2) is 88.7 Å². The molecule has 6 heterocycles. The summed E-state index contributed by atoms with van der Waals surface area (Å²) in [7, 11) is 1.51. The number of morpholine rings is 1. The van der Waals surface area contributed by atoms with E-state index in [1.807, 2.05) is 4.90 Å². The van der Waals surface area contributed by atoms with Crippen LogP contribution in [0.3, 0.4) is 0 Å². The van der Waals surface area contributed by atoms with Crippen LogP contribution in [0.25, 0.3) is 11.0 Å². The molecule has 4 aliphatic rings. The van der Waals surface area contributed by atoms with Gasteiger partial charge in [-0.15, -0.1) is 0 Å². The maximum Gasteiger partial charge on any atom is 0.418 e. The Morgan fingerprint density at radius 1 is 1.18 bits per heavy atom. The zero-order valence-corrected chi connectivity index (χ0v) is 22.0. The fraction of sp³-hybridized carbons (Fsp3) is 0.519. The van der Waals surface area contributed by atoms with Crippen molar-refractivity contribution in [3.63, 3.8) is 0 Å². The fourth-order valence-corrected chi connectivity index (χ4v) is 6.66. The zero-order chi connectivity index (χ0) is 27.6. The first kappa shape index (κ1) is 25.4. The van der Waals surface area contributed by atoms with E-state index in [-0.39, 0.29) is 28.7 Å². The number of aromatic nitrogens is 3. The van der Waals surface area contributed by atoms with Crippen LogP contribution < -0.4 is 15.4 Å². The topological polar surface area (TPSA) is 108 Å². The predicted octanol–water partition coefficient (Wildman–Crippen LogP) is 3.77. The lowest BCUT2D eigenvalue weighted by Gasteiger charge is -2.40. The van der Waals surface area contributed by atoms with E-state index in [2.05, 4.69) is 30.5 Å². The number of nitrogens with one attached hydrogen (secondary N) is 3. The Morgan fingerprint density at radius 3 is 2.70 bits per heavy atom. The second-order valence-corrected chi connectivity index (χ2v) is 10.8. The molecule has 3 saturated heterocycles. The van der Waals surface area contributed by atoms with Gasteiger partial charge in [0.15, 0.2) is 0 Å². The van der Waals surface area contributed by atoms with Gasteiger partial charge in [-0.3, -0.25) is 9.69 Å². The Balaban J connectivity index is 1.10. The van der Waals surface area contributed by atoms with Crippen LogP contribution >= 0.6 is 0 Å². The minimum Gasteiger partial charge on any atom is -0.491 e. The molecule has 3 aromatic rings. The van der Waals surface area contributed by atoms with Crippen molar-refractivity contribution in [1.82, 2.24) is 24.8 Å². The molecule has 40 heavy (non-hydrogen) atoms. The summed E-state index contributed by atoms with van der Waals surface area (Å²) in [5.41, 5.74) is 1.21. The van der Waals surface area contributed by atoms with Crippen LogP contribution in [-0.2, 0) is 17.3 Å². The SMILES string of the molecule is CNc1nc(Nc2ccc(C(=O)N3CCC(N4C[C@@H]5C[C@H]4CO5)CC3)c3c2OCC3)nc2[nH]cc(C(F)(F)F)c12. The third kappa shape index (κ3) is 4.22. The molecule has 0 saturated carbocycles. The summed E-state index contributed by atoms with van der Waals surface area (Å²) in [5.74, 6) is 0.695. The lowest BCUT2D eigenvalue weighted by Crippen LogP contribution is -2.50. The van der Waals surface area contributed by atoms with Crippen molar-refractivity contribution in [2.45, 2.75) is 50.0 Å². The maximum atomic E-state index is 13.6. The number of carbonyl (C=O) groups excluding carboxylic acids is 1. The minimum absolute atomic E-state index is 0.000713. The molecule has 0 unspecified atom stereocenters. The molecule has 4 aliphatic heterocycles. The van der Waals surface area contributed by atoms with E-state index >= 15 is 0 Å². The van der Waals surface area contributed by atoms with Crippen LogP contribution in [0.2, 0.25) is 0 Å². The van der Waals surface area contributed by atoms with Crippen molar-refractivity contribution in [2.75, 3.05) is 50.5 Å². The average molecular weight is 558 g/mol. The highest BCUT2D eigenvalue weighted by molar-refractivity contribution is 5.98. The molecule has 2 atom stereocenters. The number of nitrogens with zero attached hydrogens (tertiary/aromatic N) is 4. The van der Waals surface area contributed by atoms with Gasteiger partial charge in [-0.1, -0.05) is 0 Å². The number of fused-ring (bicyclic) bond motifs is 4. The lowest BCUT2D eigenvalue weighted by atomic mass is 9.98. The van der Waals surface area contributed by atoms with Gasteiger partial charge in [0.25, 0.3) is 5.91 Å². The van der Waals surface area contributed by atoms with Crippen molar-refractivity contribution in [2.24, 2.45) is 0 Å². The Hall–Kier alpha value is -3.58. The molecule has 13 heteroatoms. The summed E-state index contributed by atoms with van der Waals surface area (Å²) in [6.45, 7) is 3.69. The number of carbonyl (C=O) groups is 1. The molecule has 7 rings (SSSR count). The Labute approximate surface area is 228 Å².